The summed E-state index contributed by atoms with van der Waals surface area (Å²) in [6.07, 6.45) is 9.31. The second kappa shape index (κ2) is 13.3. The van der Waals surface area contributed by atoms with Crippen molar-refractivity contribution in [3.8, 4) is 5.75 Å². The first-order valence-electron chi connectivity index (χ1n) is 16.9. The Morgan fingerprint density at radius 3 is 2.27 bits per heavy atom. The van der Waals surface area contributed by atoms with Gasteiger partial charge in [-0.05, 0) is 122 Å². The van der Waals surface area contributed by atoms with Crippen LogP contribution in [0, 0.1) is 23.2 Å². The third kappa shape index (κ3) is 7.96. The summed E-state index contributed by atoms with van der Waals surface area (Å²) in [6, 6.07) is 14.1. The van der Waals surface area contributed by atoms with Crippen molar-refractivity contribution in [2.24, 2.45) is 23.2 Å². The predicted molar refractivity (Wildman–Crippen MR) is 180 cm³/mol. The van der Waals surface area contributed by atoms with E-state index in [0.29, 0.717) is 23.9 Å². The van der Waals surface area contributed by atoms with Crippen LogP contribution >= 0.6 is 0 Å². The van der Waals surface area contributed by atoms with Crippen LogP contribution in [-0.4, -0.2) is 43.6 Å². The van der Waals surface area contributed by atoms with Crippen LogP contribution in [0.15, 0.2) is 42.5 Å². The van der Waals surface area contributed by atoms with Crippen molar-refractivity contribution in [3.05, 3.63) is 64.7 Å². The first kappa shape index (κ1) is 33.2. The highest BCUT2D eigenvalue weighted by Crippen LogP contribution is 2.59. The smallest absolute Gasteiger partial charge is 0.224 e. The third-order valence-corrected chi connectivity index (χ3v) is 15.8. The molecule has 4 N–H and O–H groups in total. The minimum atomic E-state index is -2.09. The van der Waals surface area contributed by atoms with Crippen LogP contribution in [0.5, 0.6) is 5.75 Å². The molecule has 2 atom stereocenters. The number of aliphatic hydroxyl groups excluding tert-OH is 1. The van der Waals surface area contributed by atoms with E-state index < -0.39 is 8.32 Å². The second-order valence-corrected chi connectivity index (χ2v) is 20.9. The van der Waals surface area contributed by atoms with E-state index >= 15 is 0 Å². The average Bonchev–Trinajstić information content (AvgIpc) is 2.93. The van der Waals surface area contributed by atoms with E-state index in [4.69, 9.17) is 4.43 Å². The Morgan fingerprint density at radius 2 is 1.66 bits per heavy atom. The van der Waals surface area contributed by atoms with Crippen molar-refractivity contribution in [1.82, 2.24) is 10.6 Å². The van der Waals surface area contributed by atoms with Gasteiger partial charge in [0.1, 0.15) is 5.75 Å². The minimum Gasteiger partial charge on any atom is -0.508 e. The zero-order valence-electron chi connectivity index (χ0n) is 27.9. The molecule has 0 radical (unpaired) electrons. The Kier molecular flexibility index (Phi) is 10.0. The van der Waals surface area contributed by atoms with E-state index in [9.17, 15) is 15.0 Å². The van der Waals surface area contributed by atoms with Crippen molar-refractivity contribution in [2.75, 3.05) is 13.1 Å². The minimum absolute atomic E-state index is 0.0512. The van der Waals surface area contributed by atoms with Crippen LogP contribution < -0.4 is 10.6 Å². The number of rotatable bonds is 13. The van der Waals surface area contributed by atoms with Gasteiger partial charge in [0.2, 0.25) is 5.91 Å². The molecule has 6 nitrogen and oxygen atoms in total. The van der Waals surface area contributed by atoms with Gasteiger partial charge >= 0.3 is 0 Å². The fraction of sp³-hybridized carbons (Fsp3) is 0.649. The zero-order chi connectivity index (χ0) is 31.7. The molecule has 242 valence electrons. The summed E-state index contributed by atoms with van der Waals surface area (Å²) in [5.74, 6) is 2.95. The summed E-state index contributed by atoms with van der Waals surface area (Å²) in [5, 5.41) is 27.0. The number of aliphatic hydroxyl groups is 1. The number of carbonyl (C=O) groups excluding carboxylic acids is 1. The number of nitrogens with one attached hydrogen (secondary N) is 2. The number of aromatic hydroxyl groups is 1. The van der Waals surface area contributed by atoms with Crippen LogP contribution in [0.2, 0.25) is 18.1 Å². The Balaban J connectivity index is 1.16. The van der Waals surface area contributed by atoms with E-state index in [1.54, 1.807) is 6.07 Å². The van der Waals surface area contributed by atoms with E-state index in [0.717, 1.165) is 41.8 Å². The van der Waals surface area contributed by atoms with Crippen molar-refractivity contribution >= 4 is 14.2 Å². The zero-order valence-corrected chi connectivity index (χ0v) is 28.9. The van der Waals surface area contributed by atoms with E-state index in [-0.39, 0.29) is 35.4 Å². The molecule has 4 saturated carbocycles. The van der Waals surface area contributed by atoms with Crippen LogP contribution in [0.25, 0.3) is 0 Å². The highest BCUT2D eigenvalue weighted by molar-refractivity contribution is 6.74. The molecular formula is C37H56N2O4Si. The maximum atomic E-state index is 13.0. The molecular weight excluding hydrogens is 565 g/mol. The quantitative estimate of drug-likeness (QED) is 0.180. The summed E-state index contributed by atoms with van der Waals surface area (Å²) < 4.78 is 6.86. The fourth-order valence-electron chi connectivity index (χ4n) is 8.33. The van der Waals surface area contributed by atoms with E-state index in [2.05, 4.69) is 75.7 Å². The predicted octanol–water partition coefficient (Wildman–Crippen LogP) is 7.04. The number of amides is 1. The lowest BCUT2D eigenvalue weighted by Gasteiger charge is -2.56. The maximum Gasteiger partial charge on any atom is 0.224 e. The summed E-state index contributed by atoms with van der Waals surface area (Å²) >= 11 is 0. The molecule has 0 aromatic heterocycles. The normalized spacial score (nSPS) is 26.0. The molecule has 0 saturated heterocycles. The van der Waals surface area contributed by atoms with Gasteiger partial charge in [-0.25, -0.2) is 0 Å². The number of carbonyl (C=O) groups is 1. The van der Waals surface area contributed by atoms with Gasteiger partial charge in [0.25, 0.3) is 0 Å². The van der Waals surface area contributed by atoms with Crippen LogP contribution in [0.3, 0.4) is 0 Å². The Labute approximate surface area is 266 Å². The summed E-state index contributed by atoms with van der Waals surface area (Å²) in [7, 11) is -2.09. The van der Waals surface area contributed by atoms with Crippen molar-refractivity contribution in [1.29, 1.82) is 0 Å². The SMILES string of the molecule is C[C@H](Cc1cccc(CC(=O)NCC23CC4CC(CC(C4)C2)C3)c1)NC[C@@H](O[Si](C)(C)C(C)(C)C)c1ccc(O)c(CO)c1. The topological polar surface area (TPSA) is 90.8 Å². The van der Waals surface area contributed by atoms with E-state index in [1.807, 2.05) is 12.1 Å². The van der Waals surface area contributed by atoms with Gasteiger partial charge in [-0.3, -0.25) is 4.79 Å². The average molecular weight is 621 g/mol. The molecule has 44 heavy (non-hydrogen) atoms. The molecule has 2 aromatic carbocycles. The van der Waals surface area contributed by atoms with Gasteiger partial charge in [0, 0.05) is 24.7 Å². The third-order valence-electron chi connectivity index (χ3n) is 11.3. The molecule has 6 rings (SSSR count). The van der Waals surface area contributed by atoms with E-state index in [1.165, 1.54) is 44.1 Å². The van der Waals surface area contributed by atoms with Crippen molar-refractivity contribution in [3.63, 3.8) is 0 Å². The second-order valence-electron chi connectivity index (χ2n) is 16.1. The van der Waals surface area contributed by atoms with Gasteiger partial charge in [-0.1, -0.05) is 51.1 Å². The lowest BCUT2D eigenvalue weighted by atomic mass is 9.49. The van der Waals surface area contributed by atoms with Gasteiger partial charge in [-0.15, -0.1) is 0 Å². The Morgan fingerprint density at radius 1 is 1.02 bits per heavy atom. The summed E-state index contributed by atoms with van der Waals surface area (Å²) in [4.78, 5) is 13.0. The van der Waals surface area contributed by atoms with Crippen LogP contribution in [0.1, 0.15) is 94.6 Å². The van der Waals surface area contributed by atoms with Gasteiger partial charge in [-0.2, -0.15) is 0 Å². The number of hydrogen-bond acceptors (Lipinski definition) is 5. The van der Waals surface area contributed by atoms with Gasteiger partial charge in [0.05, 0.1) is 19.1 Å². The fourth-order valence-corrected chi connectivity index (χ4v) is 9.62. The number of hydrogen-bond donors (Lipinski definition) is 4. The number of benzene rings is 2. The largest absolute Gasteiger partial charge is 0.508 e. The standard InChI is InChI=1S/C37H56N2O4Si/c1-25(38-22-34(43-44(5,6)36(2,3)4)31-10-11-33(41)32(18-31)23-40)12-26-8-7-9-27(13-26)17-35(42)39-24-37-19-28-14-29(20-37)16-30(15-28)21-37/h7-11,13,18,25,28-30,34,38,40-41H,12,14-17,19-24H2,1-6H3,(H,39,42)/t25-,28?,29?,30?,34-,37?/m1/s1. The molecule has 7 heteroatoms. The van der Waals surface area contributed by atoms with Crippen LogP contribution in [-0.2, 0) is 28.7 Å². The van der Waals surface area contributed by atoms with Gasteiger partial charge < -0.3 is 25.3 Å². The first-order chi connectivity index (χ1) is 20.7. The van der Waals surface area contributed by atoms with Gasteiger partial charge in [0.15, 0.2) is 8.32 Å². The lowest BCUT2D eigenvalue weighted by molar-refractivity contribution is -0.122. The van der Waals surface area contributed by atoms with Crippen molar-refractivity contribution in [2.45, 2.75) is 116 Å². The molecule has 4 aliphatic carbocycles. The molecule has 0 spiro atoms. The highest BCUT2D eigenvalue weighted by Gasteiger charge is 2.50. The summed E-state index contributed by atoms with van der Waals surface area (Å²) in [5.41, 5.74) is 4.11. The molecule has 0 aliphatic heterocycles. The molecule has 4 bridgehead atoms. The Hall–Kier alpha value is -2.19. The first-order valence-corrected chi connectivity index (χ1v) is 19.8. The molecule has 4 aliphatic rings. The monoisotopic (exact) mass is 620 g/mol. The molecule has 4 fully saturated rings. The Bertz CT molecular complexity index is 1270. The summed E-state index contributed by atoms with van der Waals surface area (Å²) in [6.45, 7) is 14.7. The number of phenols is 1. The van der Waals surface area contributed by atoms with Crippen molar-refractivity contribution < 1.29 is 19.4 Å². The molecule has 0 heterocycles. The molecule has 1 amide bonds. The highest BCUT2D eigenvalue weighted by atomic mass is 28.4. The van der Waals surface area contributed by atoms with Crippen LogP contribution in [0.4, 0.5) is 0 Å². The molecule has 2 aromatic rings. The molecule has 0 unspecified atom stereocenters. The lowest BCUT2D eigenvalue weighted by Crippen LogP contribution is -2.51. The maximum absolute atomic E-state index is 13.0.